The van der Waals surface area contributed by atoms with Crippen LogP contribution in [0.1, 0.15) is 26.6 Å². The molecular weight excluding hydrogens is 284 g/mol. The van der Waals surface area contributed by atoms with E-state index in [2.05, 4.69) is 15.2 Å². The number of ether oxygens (including phenoxy) is 1. The van der Waals surface area contributed by atoms with Gasteiger partial charge in [0.15, 0.2) is 0 Å². The summed E-state index contributed by atoms with van der Waals surface area (Å²) in [7, 11) is 1.26. The van der Waals surface area contributed by atoms with Gasteiger partial charge in [0.25, 0.3) is 5.91 Å². The molecule has 1 N–H and O–H groups in total. The molecule has 0 spiro atoms. The highest BCUT2D eigenvalue weighted by Gasteiger charge is 2.21. The van der Waals surface area contributed by atoms with Gasteiger partial charge in [0.2, 0.25) is 5.76 Å². The average molecular weight is 295 g/mol. The van der Waals surface area contributed by atoms with Gasteiger partial charge in [-0.15, -0.1) is 0 Å². The zero-order valence-electron chi connectivity index (χ0n) is 10.8. The van der Waals surface area contributed by atoms with E-state index >= 15 is 0 Å². The van der Waals surface area contributed by atoms with Crippen LogP contribution in [0.5, 0.6) is 0 Å². The van der Waals surface area contributed by atoms with Gasteiger partial charge in [-0.2, -0.15) is 0 Å². The van der Waals surface area contributed by atoms with E-state index in [-0.39, 0.29) is 16.3 Å². The van der Waals surface area contributed by atoms with Crippen LogP contribution in [-0.2, 0) is 4.74 Å². The lowest BCUT2D eigenvalue weighted by molar-refractivity contribution is 0.0602. The SMILES string of the molecule is COC(=O)c1ccccc1NC(=O)c1onc(C)c1Cl. The highest BCUT2D eigenvalue weighted by molar-refractivity contribution is 6.34. The van der Waals surface area contributed by atoms with Gasteiger partial charge in [0.05, 0.1) is 24.1 Å². The van der Waals surface area contributed by atoms with E-state index in [1.165, 1.54) is 13.2 Å². The second-order valence-corrected chi connectivity index (χ2v) is 4.28. The van der Waals surface area contributed by atoms with E-state index in [0.717, 1.165) is 0 Å². The van der Waals surface area contributed by atoms with Crippen molar-refractivity contribution in [3.63, 3.8) is 0 Å². The molecule has 0 unspecified atom stereocenters. The summed E-state index contributed by atoms with van der Waals surface area (Å²) >= 11 is 5.89. The van der Waals surface area contributed by atoms with Gasteiger partial charge in [-0.25, -0.2) is 4.79 Å². The average Bonchev–Trinajstić information content (AvgIpc) is 2.79. The standard InChI is InChI=1S/C13H11ClN2O4/c1-7-10(14)11(20-16-7)12(17)15-9-6-4-3-5-8(9)13(18)19-2/h3-6H,1-2H3,(H,15,17). The molecule has 0 fully saturated rings. The molecule has 7 heteroatoms. The van der Waals surface area contributed by atoms with E-state index in [1.54, 1.807) is 25.1 Å². The molecule has 0 radical (unpaired) electrons. The lowest BCUT2D eigenvalue weighted by atomic mass is 10.1. The molecule has 0 aliphatic carbocycles. The Balaban J connectivity index is 2.29. The van der Waals surface area contributed by atoms with E-state index in [0.29, 0.717) is 11.4 Å². The number of esters is 1. The molecule has 0 saturated carbocycles. The Labute approximate surface area is 119 Å². The first-order valence-corrected chi connectivity index (χ1v) is 6.03. The van der Waals surface area contributed by atoms with Crippen molar-refractivity contribution >= 4 is 29.2 Å². The Morgan fingerprint density at radius 2 is 2.05 bits per heavy atom. The Bertz CT molecular complexity index is 666. The zero-order valence-corrected chi connectivity index (χ0v) is 11.5. The number of carbonyl (C=O) groups is 2. The Morgan fingerprint density at radius 1 is 1.35 bits per heavy atom. The fourth-order valence-corrected chi connectivity index (χ4v) is 1.71. The van der Waals surface area contributed by atoms with Gasteiger partial charge in [-0.1, -0.05) is 28.9 Å². The molecule has 104 valence electrons. The molecule has 0 atom stereocenters. The number of hydrogen-bond acceptors (Lipinski definition) is 5. The molecule has 20 heavy (non-hydrogen) atoms. The molecule has 0 aliphatic heterocycles. The number of nitrogens with one attached hydrogen (secondary N) is 1. The number of rotatable bonds is 3. The Morgan fingerprint density at radius 3 is 2.65 bits per heavy atom. The summed E-state index contributed by atoms with van der Waals surface area (Å²) in [6, 6.07) is 6.44. The summed E-state index contributed by atoms with van der Waals surface area (Å²) in [5.74, 6) is -1.25. The van der Waals surface area contributed by atoms with Gasteiger partial charge in [0, 0.05) is 0 Å². The van der Waals surface area contributed by atoms with Crippen molar-refractivity contribution in [1.82, 2.24) is 5.16 Å². The number of benzene rings is 1. The number of hydrogen-bond donors (Lipinski definition) is 1. The van der Waals surface area contributed by atoms with Gasteiger partial charge in [0.1, 0.15) is 5.02 Å². The smallest absolute Gasteiger partial charge is 0.339 e. The van der Waals surface area contributed by atoms with Crippen LogP contribution in [0.2, 0.25) is 5.02 Å². The van der Waals surface area contributed by atoms with Crippen molar-refractivity contribution < 1.29 is 18.8 Å². The van der Waals surface area contributed by atoms with Crippen molar-refractivity contribution in [2.45, 2.75) is 6.92 Å². The van der Waals surface area contributed by atoms with Crippen LogP contribution in [-0.4, -0.2) is 24.1 Å². The minimum Gasteiger partial charge on any atom is -0.465 e. The van der Waals surface area contributed by atoms with Crippen molar-refractivity contribution in [2.24, 2.45) is 0 Å². The third-order valence-electron chi connectivity index (χ3n) is 2.58. The number of para-hydroxylation sites is 1. The summed E-state index contributed by atoms with van der Waals surface area (Å²) in [5.41, 5.74) is 0.947. The number of carbonyl (C=O) groups excluding carboxylic acids is 2. The monoisotopic (exact) mass is 294 g/mol. The first-order valence-electron chi connectivity index (χ1n) is 5.65. The molecule has 2 aromatic rings. The topological polar surface area (TPSA) is 81.4 Å². The number of anilines is 1. The van der Waals surface area contributed by atoms with Crippen LogP contribution < -0.4 is 5.32 Å². The quantitative estimate of drug-likeness (QED) is 0.880. The second kappa shape index (κ2) is 5.75. The maximum atomic E-state index is 12.0. The highest BCUT2D eigenvalue weighted by atomic mass is 35.5. The van der Waals surface area contributed by atoms with Gasteiger partial charge in [-0.05, 0) is 19.1 Å². The molecule has 1 amide bonds. The van der Waals surface area contributed by atoms with Crippen LogP contribution in [0.4, 0.5) is 5.69 Å². The maximum Gasteiger partial charge on any atom is 0.339 e. The molecular formula is C13H11ClN2O4. The lowest BCUT2D eigenvalue weighted by Gasteiger charge is -2.08. The van der Waals surface area contributed by atoms with E-state index < -0.39 is 11.9 Å². The van der Waals surface area contributed by atoms with E-state index in [4.69, 9.17) is 16.1 Å². The van der Waals surface area contributed by atoms with Crippen molar-refractivity contribution in [2.75, 3.05) is 12.4 Å². The second-order valence-electron chi connectivity index (χ2n) is 3.90. The molecule has 0 bridgehead atoms. The number of aryl methyl sites for hydroxylation is 1. The summed E-state index contributed by atoms with van der Waals surface area (Å²) in [6.45, 7) is 1.62. The molecule has 0 saturated heterocycles. The fraction of sp³-hybridized carbons (Fsp3) is 0.154. The van der Waals surface area contributed by atoms with Crippen LogP contribution in [0.15, 0.2) is 28.8 Å². The number of amides is 1. The largest absolute Gasteiger partial charge is 0.465 e. The fourth-order valence-electron chi connectivity index (χ4n) is 1.56. The first-order chi connectivity index (χ1) is 9.54. The third kappa shape index (κ3) is 2.65. The van der Waals surface area contributed by atoms with Crippen LogP contribution in [0, 0.1) is 6.92 Å². The van der Waals surface area contributed by atoms with Crippen molar-refractivity contribution in [3.8, 4) is 0 Å². The molecule has 1 aromatic carbocycles. The Hall–Kier alpha value is -2.34. The van der Waals surface area contributed by atoms with Crippen molar-refractivity contribution in [3.05, 3.63) is 46.3 Å². The third-order valence-corrected chi connectivity index (χ3v) is 3.02. The van der Waals surface area contributed by atoms with Crippen LogP contribution >= 0.6 is 11.6 Å². The molecule has 6 nitrogen and oxygen atoms in total. The van der Waals surface area contributed by atoms with E-state index in [9.17, 15) is 9.59 Å². The predicted molar refractivity (Wildman–Crippen MR) is 72.0 cm³/mol. The van der Waals surface area contributed by atoms with Gasteiger partial charge in [-0.3, -0.25) is 4.79 Å². The summed E-state index contributed by atoms with van der Waals surface area (Å²) in [6.07, 6.45) is 0. The highest BCUT2D eigenvalue weighted by Crippen LogP contribution is 2.22. The number of halogens is 1. The minimum absolute atomic E-state index is 0.108. The van der Waals surface area contributed by atoms with Crippen LogP contribution in [0.3, 0.4) is 0 Å². The van der Waals surface area contributed by atoms with Gasteiger partial charge >= 0.3 is 5.97 Å². The summed E-state index contributed by atoms with van der Waals surface area (Å²) in [5, 5.41) is 6.27. The number of methoxy groups -OCH3 is 1. The molecule has 0 aliphatic rings. The zero-order chi connectivity index (χ0) is 14.7. The van der Waals surface area contributed by atoms with Crippen LogP contribution in [0.25, 0.3) is 0 Å². The maximum absolute atomic E-state index is 12.0. The van der Waals surface area contributed by atoms with Crippen molar-refractivity contribution in [1.29, 1.82) is 0 Å². The summed E-state index contributed by atoms with van der Waals surface area (Å²) < 4.78 is 9.49. The molecule has 2 rings (SSSR count). The summed E-state index contributed by atoms with van der Waals surface area (Å²) in [4.78, 5) is 23.6. The predicted octanol–water partition coefficient (Wildman–Crippen LogP) is 2.68. The molecule has 1 heterocycles. The van der Waals surface area contributed by atoms with Gasteiger partial charge < -0.3 is 14.6 Å². The lowest BCUT2D eigenvalue weighted by Crippen LogP contribution is -2.15. The first kappa shape index (κ1) is 14.1. The number of nitrogens with zero attached hydrogens (tertiary/aromatic N) is 1. The van der Waals surface area contributed by atoms with E-state index in [1.807, 2.05) is 0 Å². The Kier molecular flexibility index (Phi) is 4.05. The minimum atomic E-state index is -0.591. The normalized spacial score (nSPS) is 10.2. The number of aromatic nitrogens is 1. The molecule has 1 aromatic heterocycles.